The van der Waals surface area contributed by atoms with Crippen LogP contribution in [0.5, 0.6) is 0 Å². The number of fused-ring (bicyclic) bond motifs is 1. The first-order valence-electron chi connectivity index (χ1n) is 7.22. The molecule has 2 aromatic rings. The predicted molar refractivity (Wildman–Crippen MR) is 80.3 cm³/mol. The standard InChI is InChI=1S/C15H21N3O3/c1-5-17(6-2)12(19)7-8-18-9-16-14-13(15(18)20)10(3)11(4)21-14/h9H,5-8H2,1-4H3. The maximum Gasteiger partial charge on any atom is 0.264 e. The molecular weight excluding hydrogens is 270 g/mol. The van der Waals surface area contributed by atoms with E-state index in [-0.39, 0.29) is 11.5 Å². The Hall–Kier alpha value is -2.11. The highest BCUT2D eigenvalue weighted by atomic mass is 16.3. The smallest absolute Gasteiger partial charge is 0.264 e. The summed E-state index contributed by atoms with van der Waals surface area (Å²) < 4.78 is 6.91. The number of hydrogen-bond acceptors (Lipinski definition) is 4. The van der Waals surface area contributed by atoms with Crippen LogP contribution in [0.3, 0.4) is 0 Å². The molecule has 0 unspecified atom stereocenters. The molecule has 0 radical (unpaired) electrons. The second kappa shape index (κ2) is 6.11. The van der Waals surface area contributed by atoms with Crippen LogP contribution in [0, 0.1) is 13.8 Å². The number of amides is 1. The Balaban J connectivity index is 2.24. The SMILES string of the molecule is CCN(CC)C(=O)CCn1cnc2oc(C)c(C)c2c1=O. The fourth-order valence-electron chi connectivity index (χ4n) is 2.38. The molecule has 21 heavy (non-hydrogen) atoms. The van der Waals surface area contributed by atoms with E-state index in [2.05, 4.69) is 4.98 Å². The minimum absolute atomic E-state index is 0.0482. The van der Waals surface area contributed by atoms with Crippen molar-refractivity contribution < 1.29 is 9.21 Å². The van der Waals surface area contributed by atoms with Gasteiger partial charge >= 0.3 is 0 Å². The van der Waals surface area contributed by atoms with Crippen molar-refractivity contribution in [2.75, 3.05) is 13.1 Å². The molecule has 1 amide bonds. The normalized spacial score (nSPS) is 11.0. The number of hydrogen-bond donors (Lipinski definition) is 0. The summed E-state index contributed by atoms with van der Waals surface area (Å²) in [5.41, 5.74) is 1.02. The highest BCUT2D eigenvalue weighted by Crippen LogP contribution is 2.19. The van der Waals surface area contributed by atoms with Crippen LogP contribution in [0.2, 0.25) is 0 Å². The molecule has 2 heterocycles. The molecular formula is C15H21N3O3. The molecule has 0 spiro atoms. The molecule has 0 saturated carbocycles. The van der Waals surface area contributed by atoms with Crippen molar-refractivity contribution in [2.45, 2.75) is 40.7 Å². The number of aryl methyl sites for hydroxylation is 3. The first kappa shape index (κ1) is 15.3. The summed E-state index contributed by atoms with van der Waals surface area (Å²) in [5.74, 6) is 0.749. The lowest BCUT2D eigenvalue weighted by molar-refractivity contribution is -0.131. The van der Waals surface area contributed by atoms with Crippen LogP contribution in [-0.4, -0.2) is 33.4 Å². The van der Waals surface area contributed by atoms with Crippen molar-refractivity contribution in [3.63, 3.8) is 0 Å². The molecule has 114 valence electrons. The van der Waals surface area contributed by atoms with Crippen LogP contribution < -0.4 is 5.56 Å². The number of carbonyl (C=O) groups excluding carboxylic acids is 1. The average Bonchev–Trinajstić information content (AvgIpc) is 2.75. The Morgan fingerprint density at radius 1 is 1.33 bits per heavy atom. The highest BCUT2D eigenvalue weighted by Gasteiger charge is 2.15. The van der Waals surface area contributed by atoms with Crippen LogP contribution in [0.1, 0.15) is 31.6 Å². The summed E-state index contributed by atoms with van der Waals surface area (Å²) in [6, 6.07) is 0. The van der Waals surface area contributed by atoms with Crippen LogP contribution in [0.25, 0.3) is 11.1 Å². The second-order valence-electron chi connectivity index (χ2n) is 5.02. The predicted octanol–water partition coefficient (Wildman–Crippen LogP) is 1.86. The third kappa shape index (κ3) is 2.84. The Morgan fingerprint density at radius 2 is 2.00 bits per heavy atom. The highest BCUT2D eigenvalue weighted by molar-refractivity contribution is 5.78. The van der Waals surface area contributed by atoms with Crippen molar-refractivity contribution in [2.24, 2.45) is 0 Å². The summed E-state index contributed by atoms with van der Waals surface area (Å²) >= 11 is 0. The summed E-state index contributed by atoms with van der Waals surface area (Å²) in [6.45, 7) is 9.24. The van der Waals surface area contributed by atoms with Crippen molar-refractivity contribution in [3.8, 4) is 0 Å². The van der Waals surface area contributed by atoms with Gasteiger partial charge in [0.2, 0.25) is 11.6 Å². The van der Waals surface area contributed by atoms with Crippen LogP contribution >= 0.6 is 0 Å². The summed E-state index contributed by atoms with van der Waals surface area (Å²) in [4.78, 5) is 30.3. The summed E-state index contributed by atoms with van der Waals surface area (Å²) in [6.07, 6.45) is 1.74. The van der Waals surface area contributed by atoms with Gasteiger partial charge in [0, 0.05) is 31.6 Å². The minimum atomic E-state index is -0.151. The third-order valence-corrected chi connectivity index (χ3v) is 3.84. The Bertz CT molecular complexity index is 711. The Morgan fingerprint density at radius 3 is 2.62 bits per heavy atom. The average molecular weight is 291 g/mol. The van der Waals surface area contributed by atoms with E-state index in [1.165, 1.54) is 10.9 Å². The van der Waals surface area contributed by atoms with Crippen molar-refractivity contribution in [1.82, 2.24) is 14.5 Å². The molecule has 0 bridgehead atoms. The number of carbonyl (C=O) groups is 1. The molecule has 2 rings (SSSR count). The molecule has 0 atom stereocenters. The van der Waals surface area contributed by atoms with Crippen molar-refractivity contribution >= 4 is 17.0 Å². The third-order valence-electron chi connectivity index (χ3n) is 3.84. The van der Waals surface area contributed by atoms with E-state index in [1.54, 1.807) is 4.90 Å². The molecule has 0 saturated heterocycles. The van der Waals surface area contributed by atoms with Gasteiger partial charge in [-0.25, -0.2) is 4.98 Å². The van der Waals surface area contributed by atoms with Gasteiger partial charge in [-0.15, -0.1) is 0 Å². The van der Waals surface area contributed by atoms with E-state index < -0.39 is 0 Å². The van der Waals surface area contributed by atoms with Gasteiger partial charge in [-0.2, -0.15) is 0 Å². The Kier molecular flexibility index (Phi) is 4.45. The van der Waals surface area contributed by atoms with Gasteiger partial charge in [0.05, 0.1) is 0 Å². The molecule has 0 aliphatic rings. The van der Waals surface area contributed by atoms with E-state index >= 15 is 0 Å². The van der Waals surface area contributed by atoms with Crippen molar-refractivity contribution in [1.29, 1.82) is 0 Å². The maximum absolute atomic E-state index is 12.4. The zero-order chi connectivity index (χ0) is 15.6. The number of rotatable bonds is 5. The zero-order valence-corrected chi connectivity index (χ0v) is 13.0. The summed E-state index contributed by atoms with van der Waals surface area (Å²) in [5, 5.41) is 0.505. The maximum atomic E-state index is 12.4. The lowest BCUT2D eigenvalue weighted by atomic mass is 10.2. The van der Waals surface area contributed by atoms with Gasteiger partial charge in [0.15, 0.2) is 0 Å². The fourth-order valence-corrected chi connectivity index (χ4v) is 2.38. The largest absolute Gasteiger partial charge is 0.443 e. The number of aromatic nitrogens is 2. The Labute approximate surface area is 123 Å². The first-order chi connectivity index (χ1) is 9.99. The molecule has 2 aromatic heterocycles. The zero-order valence-electron chi connectivity index (χ0n) is 13.0. The van der Waals surface area contributed by atoms with Gasteiger partial charge < -0.3 is 9.32 Å². The van der Waals surface area contributed by atoms with E-state index in [4.69, 9.17) is 4.42 Å². The molecule has 0 aromatic carbocycles. The van der Waals surface area contributed by atoms with Gasteiger partial charge in [-0.3, -0.25) is 14.2 Å². The molecule has 6 heteroatoms. The van der Waals surface area contributed by atoms with Gasteiger partial charge in [0.1, 0.15) is 17.5 Å². The second-order valence-corrected chi connectivity index (χ2v) is 5.02. The first-order valence-corrected chi connectivity index (χ1v) is 7.22. The van der Waals surface area contributed by atoms with Crippen LogP contribution in [0.4, 0.5) is 0 Å². The molecule has 0 aliphatic heterocycles. The molecule has 0 fully saturated rings. The van der Waals surface area contributed by atoms with E-state index in [0.717, 1.165) is 5.56 Å². The quantitative estimate of drug-likeness (QED) is 0.843. The minimum Gasteiger partial charge on any atom is -0.443 e. The van der Waals surface area contributed by atoms with E-state index in [9.17, 15) is 9.59 Å². The number of furan rings is 1. The lowest BCUT2D eigenvalue weighted by Gasteiger charge is -2.18. The van der Waals surface area contributed by atoms with Crippen LogP contribution in [0.15, 0.2) is 15.5 Å². The monoisotopic (exact) mass is 291 g/mol. The van der Waals surface area contributed by atoms with E-state index in [0.29, 0.717) is 42.9 Å². The fraction of sp³-hybridized carbons (Fsp3) is 0.533. The molecule has 0 aliphatic carbocycles. The van der Waals surface area contributed by atoms with Crippen molar-refractivity contribution in [3.05, 3.63) is 28.0 Å². The number of nitrogens with zero attached hydrogens (tertiary/aromatic N) is 3. The molecule has 0 N–H and O–H groups in total. The molecule has 6 nitrogen and oxygen atoms in total. The lowest BCUT2D eigenvalue weighted by Crippen LogP contribution is -2.32. The van der Waals surface area contributed by atoms with Gasteiger partial charge in [-0.05, 0) is 27.7 Å². The van der Waals surface area contributed by atoms with E-state index in [1.807, 2.05) is 27.7 Å². The van der Waals surface area contributed by atoms with Gasteiger partial charge in [-0.1, -0.05) is 0 Å². The topological polar surface area (TPSA) is 68.3 Å². The van der Waals surface area contributed by atoms with Crippen LogP contribution in [-0.2, 0) is 11.3 Å². The van der Waals surface area contributed by atoms with Gasteiger partial charge in [0.25, 0.3) is 5.56 Å². The summed E-state index contributed by atoms with van der Waals surface area (Å²) in [7, 11) is 0.